The standard InChI is InChI=1S/C11H10N4O3/c1-15-10(18)12-7-5-3-2-4-6(7)11(15)8(16)13-9(17)14-11/h2-5H,1H3,(H,12,18)(H2,13,14,16,17)/t11-/m0/s1. The van der Waals surface area contributed by atoms with Gasteiger partial charge in [0.05, 0.1) is 5.69 Å². The maximum atomic E-state index is 12.1. The summed E-state index contributed by atoms with van der Waals surface area (Å²) in [6.07, 6.45) is 0. The summed E-state index contributed by atoms with van der Waals surface area (Å²) >= 11 is 0. The monoisotopic (exact) mass is 246 g/mol. The molecule has 1 atom stereocenters. The summed E-state index contributed by atoms with van der Waals surface area (Å²) in [4.78, 5) is 36.5. The van der Waals surface area contributed by atoms with E-state index in [1.54, 1.807) is 24.3 Å². The molecule has 0 aromatic heterocycles. The van der Waals surface area contributed by atoms with Gasteiger partial charge in [-0.25, -0.2) is 9.59 Å². The number of hydrogen-bond donors (Lipinski definition) is 3. The number of benzene rings is 1. The number of para-hydroxylation sites is 1. The van der Waals surface area contributed by atoms with E-state index in [0.717, 1.165) is 0 Å². The van der Waals surface area contributed by atoms with Crippen molar-refractivity contribution in [1.82, 2.24) is 15.5 Å². The molecule has 2 aliphatic heterocycles. The van der Waals surface area contributed by atoms with Crippen LogP contribution in [0.2, 0.25) is 0 Å². The second kappa shape index (κ2) is 3.22. The van der Waals surface area contributed by atoms with Crippen LogP contribution in [0.15, 0.2) is 24.3 Å². The van der Waals surface area contributed by atoms with E-state index in [1.807, 2.05) is 0 Å². The summed E-state index contributed by atoms with van der Waals surface area (Å²) in [5.41, 5.74) is -0.413. The number of anilines is 1. The van der Waals surface area contributed by atoms with E-state index in [4.69, 9.17) is 0 Å². The molecule has 18 heavy (non-hydrogen) atoms. The molecule has 0 bridgehead atoms. The highest BCUT2D eigenvalue weighted by molar-refractivity contribution is 6.11. The summed E-state index contributed by atoms with van der Waals surface area (Å²) in [5.74, 6) is -0.558. The van der Waals surface area contributed by atoms with Crippen LogP contribution in [-0.2, 0) is 10.5 Å². The van der Waals surface area contributed by atoms with Crippen LogP contribution in [0.5, 0.6) is 0 Å². The summed E-state index contributed by atoms with van der Waals surface area (Å²) in [7, 11) is 1.45. The van der Waals surface area contributed by atoms with E-state index in [9.17, 15) is 14.4 Å². The number of imide groups is 1. The SMILES string of the molecule is CN1C(=O)Nc2ccccc2[C@]12NC(=O)NC2=O. The van der Waals surface area contributed by atoms with Crippen LogP contribution >= 0.6 is 0 Å². The summed E-state index contributed by atoms with van der Waals surface area (Å²) in [6, 6.07) is 5.79. The Morgan fingerprint density at radius 2 is 1.83 bits per heavy atom. The fourth-order valence-electron chi connectivity index (χ4n) is 2.31. The maximum Gasteiger partial charge on any atom is 0.324 e. The Morgan fingerprint density at radius 1 is 1.11 bits per heavy atom. The van der Waals surface area contributed by atoms with Gasteiger partial charge >= 0.3 is 12.1 Å². The number of amides is 5. The van der Waals surface area contributed by atoms with Crippen molar-refractivity contribution < 1.29 is 14.4 Å². The van der Waals surface area contributed by atoms with Crippen molar-refractivity contribution in [2.24, 2.45) is 0 Å². The zero-order valence-corrected chi connectivity index (χ0v) is 9.48. The van der Waals surface area contributed by atoms with Gasteiger partial charge in [-0.05, 0) is 6.07 Å². The molecule has 2 aliphatic rings. The highest BCUT2D eigenvalue weighted by Gasteiger charge is 2.56. The Labute approximate surface area is 102 Å². The lowest BCUT2D eigenvalue weighted by atomic mass is 9.94. The fraction of sp³-hybridized carbons (Fsp3) is 0.182. The van der Waals surface area contributed by atoms with Crippen LogP contribution < -0.4 is 16.0 Å². The van der Waals surface area contributed by atoms with Crippen LogP contribution in [0.4, 0.5) is 15.3 Å². The van der Waals surface area contributed by atoms with Crippen LogP contribution in [-0.4, -0.2) is 29.9 Å². The van der Waals surface area contributed by atoms with E-state index in [0.29, 0.717) is 11.3 Å². The topological polar surface area (TPSA) is 90.5 Å². The minimum Gasteiger partial charge on any atom is -0.307 e. The maximum absolute atomic E-state index is 12.1. The van der Waals surface area contributed by atoms with E-state index >= 15 is 0 Å². The van der Waals surface area contributed by atoms with Gasteiger partial charge in [0, 0.05) is 12.6 Å². The Bertz CT molecular complexity index is 585. The van der Waals surface area contributed by atoms with Gasteiger partial charge in [-0.3, -0.25) is 15.0 Å². The predicted octanol–water partition coefficient (Wildman–Crippen LogP) is 0.156. The molecule has 0 saturated carbocycles. The predicted molar refractivity (Wildman–Crippen MR) is 61.6 cm³/mol. The van der Waals surface area contributed by atoms with E-state index in [2.05, 4.69) is 16.0 Å². The minimum atomic E-state index is -1.46. The van der Waals surface area contributed by atoms with Gasteiger partial charge in [0.25, 0.3) is 5.91 Å². The molecule has 5 amide bonds. The third-order valence-electron chi connectivity index (χ3n) is 3.22. The highest BCUT2D eigenvalue weighted by Crippen LogP contribution is 2.37. The third-order valence-corrected chi connectivity index (χ3v) is 3.22. The Morgan fingerprint density at radius 3 is 2.50 bits per heavy atom. The number of carbonyl (C=O) groups excluding carboxylic acids is 3. The Balaban J connectivity index is 2.27. The molecule has 92 valence electrons. The Kier molecular flexibility index (Phi) is 1.89. The molecular formula is C11H10N4O3. The zero-order valence-electron chi connectivity index (χ0n) is 9.48. The fourth-order valence-corrected chi connectivity index (χ4v) is 2.31. The van der Waals surface area contributed by atoms with Gasteiger partial charge in [-0.2, -0.15) is 0 Å². The molecule has 1 fully saturated rings. The lowest BCUT2D eigenvalue weighted by Gasteiger charge is -2.40. The van der Waals surface area contributed by atoms with Gasteiger partial charge < -0.3 is 10.6 Å². The third kappa shape index (κ3) is 1.10. The van der Waals surface area contributed by atoms with Crippen LogP contribution in [0.25, 0.3) is 0 Å². The molecule has 7 heteroatoms. The number of rotatable bonds is 0. The molecule has 7 nitrogen and oxygen atoms in total. The van der Waals surface area contributed by atoms with Crippen LogP contribution in [0.3, 0.4) is 0 Å². The molecule has 1 aromatic carbocycles. The lowest BCUT2D eigenvalue weighted by molar-refractivity contribution is -0.129. The summed E-state index contributed by atoms with van der Waals surface area (Å²) in [6.45, 7) is 0. The minimum absolute atomic E-state index is 0.453. The molecule has 1 spiro atoms. The van der Waals surface area contributed by atoms with Crippen molar-refractivity contribution in [1.29, 1.82) is 0 Å². The van der Waals surface area contributed by atoms with Gasteiger partial charge in [-0.15, -0.1) is 0 Å². The molecule has 0 aliphatic carbocycles. The van der Waals surface area contributed by atoms with Gasteiger partial charge in [0.1, 0.15) is 0 Å². The van der Waals surface area contributed by atoms with E-state index in [1.165, 1.54) is 11.9 Å². The number of fused-ring (bicyclic) bond motifs is 2. The zero-order chi connectivity index (χ0) is 12.9. The van der Waals surface area contributed by atoms with E-state index in [-0.39, 0.29) is 0 Å². The molecule has 0 unspecified atom stereocenters. The summed E-state index contributed by atoms with van der Waals surface area (Å²) in [5, 5.41) is 7.33. The average molecular weight is 246 g/mol. The first-order valence-electron chi connectivity index (χ1n) is 5.33. The molecule has 1 aromatic rings. The molecule has 3 N–H and O–H groups in total. The van der Waals surface area contributed by atoms with Gasteiger partial charge in [0.2, 0.25) is 5.66 Å². The van der Waals surface area contributed by atoms with Gasteiger partial charge in [-0.1, -0.05) is 18.2 Å². The van der Waals surface area contributed by atoms with Crippen molar-refractivity contribution in [3.63, 3.8) is 0 Å². The van der Waals surface area contributed by atoms with Crippen LogP contribution in [0, 0.1) is 0 Å². The van der Waals surface area contributed by atoms with Crippen molar-refractivity contribution in [3.05, 3.63) is 29.8 Å². The van der Waals surface area contributed by atoms with Crippen molar-refractivity contribution in [3.8, 4) is 0 Å². The lowest BCUT2D eigenvalue weighted by Crippen LogP contribution is -2.62. The first-order chi connectivity index (χ1) is 8.55. The van der Waals surface area contributed by atoms with E-state index < -0.39 is 23.6 Å². The van der Waals surface area contributed by atoms with Gasteiger partial charge in [0.15, 0.2) is 0 Å². The average Bonchev–Trinajstić information content (AvgIpc) is 2.63. The normalized spacial score (nSPS) is 25.6. The van der Waals surface area contributed by atoms with Crippen molar-refractivity contribution in [2.45, 2.75) is 5.66 Å². The number of urea groups is 2. The number of hydrogen-bond acceptors (Lipinski definition) is 3. The second-order valence-electron chi connectivity index (χ2n) is 4.15. The smallest absolute Gasteiger partial charge is 0.307 e. The first kappa shape index (κ1) is 10.6. The number of carbonyl (C=O) groups is 3. The first-order valence-corrected chi connectivity index (χ1v) is 5.33. The molecular weight excluding hydrogens is 236 g/mol. The molecule has 2 heterocycles. The number of nitrogens with one attached hydrogen (secondary N) is 3. The number of likely N-dealkylation sites (N-methyl/N-ethyl adjacent to an activating group) is 1. The largest absolute Gasteiger partial charge is 0.324 e. The van der Waals surface area contributed by atoms with Crippen molar-refractivity contribution >= 4 is 23.7 Å². The second-order valence-corrected chi connectivity index (χ2v) is 4.15. The van der Waals surface area contributed by atoms with Crippen LogP contribution in [0.1, 0.15) is 5.56 Å². The highest BCUT2D eigenvalue weighted by atomic mass is 16.2. The molecule has 3 rings (SSSR count). The molecule has 1 saturated heterocycles. The molecule has 0 radical (unpaired) electrons. The van der Waals surface area contributed by atoms with Crippen molar-refractivity contribution in [2.75, 3.05) is 12.4 Å². The number of nitrogens with zero attached hydrogens (tertiary/aromatic N) is 1. The quantitative estimate of drug-likeness (QED) is 0.569. The summed E-state index contributed by atoms with van der Waals surface area (Å²) < 4.78 is 0. The Hall–Kier alpha value is -2.57.